The number of rotatable bonds is 6. The van der Waals surface area contributed by atoms with Gasteiger partial charge in [0.25, 0.3) is 0 Å². The maximum absolute atomic E-state index is 6.41. The van der Waals surface area contributed by atoms with E-state index in [1.807, 2.05) is 11.3 Å². The zero-order valence-electron chi connectivity index (χ0n) is 29.8. The molecule has 0 atom stereocenters. The van der Waals surface area contributed by atoms with Gasteiger partial charge in [0.2, 0.25) is 0 Å². The van der Waals surface area contributed by atoms with Crippen LogP contribution in [0.5, 0.6) is 0 Å². The number of thiophene rings is 1. The van der Waals surface area contributed by atoms with E-state index >= 15 is 0 Å². The number of nitrogens with zero attached hydrogens (tertiary/aromatic N) is 1. The van der Waals surface area contributed by atoms with Crippen LogP contribution in [0.2, 0.25) is 0 Å². The van der Waals surface area contributed by atoms with Gasteiger partial charge >= 0.3 is 0 Å². The fourth-order valence-corrected chi connectivity index (χ4v) is 9.31. The summed E-state index contributed by atoms with van der Waals surface area (Å²) in [4.78, 5) is 2.35. The van der Waals surface area contributed by atoms with Gasteiger partial charge in [0.05, 0.1) is 0 Å². The average Bonchev–Trinajstić information content (AvgIpc) is 3.83. The van der Waals surface area contributed by atoms with E-state index in [0.29, 0.717) is 0 Å². The van der Waals surface area contributed by atoms with Gasteiger partial charge in [-0.1, -0.05) is 133 Å². The SMILES string of the molecule is c1ccc(-c2ccc(N(c3ccc(-c4ccc5oc6c7ccccc7ccc6c5c4)cc3)c3ccc(-c4cccc5sc6ccccc6c45)cc3)cc2)cc1. The summed E-state index contributed by atoms with van der Waals surface area (Å²) < 4.78 is 9.05. The summed E-state index contributed by atoms with van der Waals surface area (Å²) >= 11 is 1.86. The summed E-state index contributed by atoms with van der Waals surface area (Å²) in [6.45, 7) is 0. The topological polar surface area (TPSA) is 16.4 Å². The molecule has 0 aliphatic heterocycles. The normalized spacial score (nSPS) is 11.6. The van der Waals surface area contributed by atoms with Crippen molar-refractivity contribution < 1.29 is 4.42 Å². The Morgan fingerprint density at radius 2 is 0.945 bits per heavy atom. The molecule has 0 saturated heterocycles. The summed E-state index contributed by atoms with van der Waals surface area (Å²) in [5.74, 6) is 0. The number of anilines is 3. The molecule has 0 bridgehead atoms. The van der Waals surface area contributed by atoms with E-state index in [1.165, 1.54) is 47.8 Å². The first-order valence-electron chi connectivity index (χ1n) is 18.7. The van der Waals surface area contributed by atoms with Gasteiger partial charge in [-0.25, -0.2) is 0 Å². The van der Waals surface area contributed by atoms with Crippen LogP contribution in [0, 0.1) is 0 Å². The lowest BCUT2D eigenvalue weighted by molar-refractivity contribution is 0.672. The summed E-state index contributed by atoms with van der Waals surface area (Å²) in [5, 5.41) is 7.25. The van der Waals surface area contributed by atoms with E-state index < -0.39 is 0 Å². The lowest BCUT2D eigenvalue weighted by atomic mass is 9.99. The molecule has 0 spiro atoms. The standard InChI is InChI=1S/C52H33NOS/c1-2-9-34(10-3-1)35-17-25-40(26-18-35)53(42-29-21-38(22-30-42)43-14-8-16-50-51(43)46-13-6-7-15-49(46)55-50)41-27-19-36(20-28-41)39-24-32-48-47(33-39)45-31-23-37-11-4-5-12-44(37)52(45)54-48/h1-33H. The molecule has 2 aromatic heterocycles. The maximum atomic E-state index is 6.41. The number of hydrogen-bond donors (Lipinski definition) is 0. The molecule has 55 heavy (non-hydrogen) atoms. The van der Waals surface area contributed by atoms with Crippen molar-refractivity contribution in [1.29, 1.82) is 0 Å². The second kappa shape index (κ2) is 12.9. The lowest BCUT2D eigenvalue weighted by Crippen LogP contribution is -2.09. The summed E-state index contributed by atoms with van der Waals surface area (Å²) in [6.07, 6.45) is 0. The van der Waals surface area contributed by atoms with Crippen molar-refractivity contribution in [2.75, 3.05) is 4.90 Å². The van der Waals surface area contributed by atoms with Crippen molar-refractivity contribution in [2.24, 2.45) is 0 Å². The second-order valence-electron chi connectivity index (χ2n) is 14.1. The molecular weight excluding hydrogens is 687 g/mol. The third-order valence-corrected chi connectivity index (χ3v) is 12.0. The highest BCUT2D eigenvalue weighted by Gasteiger charge is 2.16. The van der Waals surface area contributed by atoms with Gasteiger partial charge in [0.15, 0.2) is 0 Å². The molecule has 11 aromatic rings. The van der Waals surface area contributed by atoms with E-state index in [-0.39, 0.29) is 0 Å². The van der Waals surface area contributed by atoms with Gasteiger partial charge in [-0.15, -0.1) is 11.3 Å². The van der Waals surface area contributed by atoms with Crippen LogP contribution in [0.3, 0.4) is 0 Å². The van der Waals surface area contributed by atoms with Crippen molar-refractivity contribution in [3.63, 3.8) is 0 Å². The Kier molecular flexibility index (Phi) is 7.39. The number of benzene rings is 9. The number of hydrogen-bond acceptors (Lipinski definition) is 3. The van der Waals surface area contributed by atoms with Crippen LogP contribution >= 0.6 is 11.3 Å². The van der Waals surface area contributed by atoms with Gasteiger partial charge in [-0.05, 0) is 105 Å². The fraction of sp³-hybridized carbons (Fsp3) is 0. The number of fused-ring (bicyclic) bond motifs is 8. The van der Waals surface area contributed by atoms with Crippen molar-refractivity contribution in [1.82, 2.24) is 0 Å². The Morgan fingerprint density at radius 1 is 0.364 bits per heavy atom. The van der Waals surface area contributed by atoms with Crippen molar-refractivity contribution in [3.05, 3.63) is 200 Å². The summed E-state index contributed by atoms with van der Waals surface area (Å²) in [7, 11) is 0. The van der Waals surface area contributed by atoms with Crippen LogP contribution in [0.4, 0.5) is 17.1 Å². The van der Waals surface area contributed by atoms with Crippen LogP contribution in [-0.2, 0) is 0 Å². The third-order valence-electron chi connectivity index (χ3n) is 10.9. The highest BCUT2D eigenvalue weighted by molar-refractivity contribution is 7.25. The van der Waals surface area contributed by atoms with E-state index in [2.05, 4.69) is 205 Å². The Balaban J connectivity index is 0.984. The molecule has 2 heterocycles. The van der Waals surface area contributed by atoms with E-state index in [0.717, 1.165) is 55.5 Å². The molecule has 258 valence electrons. The van der Waals surface area contributed by atoms with Gasteiger partial charge in [0.1, 0.15) is 11.2 Å². The molecule has 2 nitrogen and oxygen atoms in total. The first-order valence-corrected chi connectivity index (χ1v) is 19.5. The summed E-state index contributed by atoms with van der Waals surface area (Å²) in [6, 6.07) is 72.1. The van der Waals surface area contributed by atoms with Crippen LogP contribution in [0.15, 0.2) is 205 Å². The molecule has 0 amide bonds. The maximum Gasteiger partial charge on any atom is 0.143 e. The van der Waals surface area contributed by atoms with Gasteiger partial charge in [-0.2, -0.15) is 0 Å². The predicted molar refractivity (Wildman–Crippen MR) is 235 cm³/mol. The number of furan rings is 1. The molecular formula is C52H33NOS. The average molecular weight is 720 g/mol. The second-order valence-corrected chi connectivity index (χ2v) is 15.2. The highest BCUT2D eigenvalue weighted by Crippen LogP contribution is 2.42. The first-order chi connectivity index (χ1) is 27.2. The van der Waals surface area contributed by atoms with Crippen molar-refractivity contribution in [2.45, 2.75) is 0 Å². The molecule has 0 N–H and O–H groups in total. The van der Waals surface area contributed by atoms with Crippen molar-refractivity contribution in [3.8, 4) is 33.4 Å². The van der Waals surface area contributed by atoms with E-state index in [4.69, 9.17) is 4.42 Å². The predicted octanol–water partition coefficient (Wildman–Crippen LogP) is 15.6. The Bertz CT molecular complexity index is 3170. The third kappa shape index (κ3) is 5.40. The zero-order valence-corrected chi connectivity index (χ0v) is 30.6. The molecule has 0 fully saturated rings. The smallest absolute Gasteiger partial charge is 0.143 e. The van der Waals surface area contributed by atoms with E-state index in [1.54, 1.807) is 0 Å². The van der Waals surface area contributed by atoms with Crippen molar-refractivity contribution >= 4 is 81.3 Å². The Labute approximate surface area is 322 Å². The first kappa shape index (κ1) is 31.6. The van der Waals surface area contributed by atoms with E-state index in [9.17, 15) is 0 Å². The highest BCUT2D eigenvalue weighted by atomic mass is 32.1. The molecule has 9 aromatic carbocycles. The van der Waals surface area contributed by atoms with Crippen LogP contribution in [-0.4, -0.2) is 0 Å². The van der Waals surface area contributed by atoms with Crippen LogP contribution < -0.4 is 4.90 Å². The van der Waals surface area contributed by atoms with Crippen LogP contribution in [0.1, 0.15) is 0 Å². The minimum Gasteiger partial charge on any atom is -0.455 e. The fourth-order valence-electron chi connectivity index (χ4n) is 8.17. The minimum atomic E-state index is 0.906. The quantitative estimate of drug-likeness (QED) is 0.170. The minimum absolute atomic E-state index is 0.906. The molecule has 0 unspecified atom stereocenters. The van der Waals surface area contributed by atoms with Crippen LogP contribution in [0.25, 0.3) is 86.3 Å². The monoisotopic (exact) mass is 719 g/mol. The van der Waals surface area contributed by atoms with Gasteiger partial charge in [-0.3, -0.25) is 0 Å². The Morgan fingerprint density at radius 3 is 1.69 bits per heavy atom. The molecule has 3 heteroatoms. The van der Waals surface area contributed by atoms with Gasteiger partial charge < -0.3 is 9.32 Å². The zero-order chi connectivity index (χ0) is 36.3. The largest absolute Gasteiger partial charge is 0.455 e. The molecule has 11 rings (SSSR count). The lowest BCUT2D eigenvalue weighted by Gasteiger charge is -2.26. The Hall–Kier alpha value is -6.94. The molecule has 0 aliphatic rings. The molecule has 0 aliphatic carbocycles. The van der Waals surface area contributed by atoms with Gasteiger partial charge in [0, 0.05) is 53.4 Å². The summed E-state index contributed by atoms with van der Waals surface area (Å²) in [5.41, 5.74) is 12.3. The molecule has 0 saturated carbocycles. The molecule has 0 radical (unpaired) electrons.